The number of halogens is 2. The van der Waals surface area contributed by atoms with Crippen LogP contribution in [-0.4, -0.2) is 30.8 Å². The molecule has 3 aromatic carbocycles. The molecule has 0 amide bonds. The number of benzene rings is 3. The lowest BCUT2D eigenvalue weighted by atomic mass is 10.1. The summed E-state index contributed by atoms with van der Waals surface area (Å²) in [5.41, 5.74) is 1.03. The summed E-state index contributed by atoms with van der Waals surface area (Å²) in [7, 11) is -2.42. The first-order valence-corrected chi connectivity index (χ1v) is 11.3. The molecule has 0 saturated carbocycles. The van der Waals surface area contributed by atoms with Crippen LogP contribution in [-0.2, 0) is 21.4 Å². The number of hydrogen-bond acceptors (Lipinski definition) is 5. The van der Waals surface area contributed by atoms with E-state index in [1.807, 2.05) is 6.07 Å². The van der Waals surface area contributed by atoms with E-state index in [2.05, 4.69) is 0 Å². The molecule has 1 N–H and O–H groups in total. The second-order valence-electron chi connectivity index (χ2n) is 7.08. The van der Waals surface area contributed by atoms with E-state index in [0.717, 1.165) is 16.4 Å². The van der Waals surface area contributed by atoms with Crippen LogP contribution in [0.4, 0.5) is 4.39 Å². The van der Waals surface area contributed by atoms with Crippen molar-refractivity contribution in [1.29, 1.82) is 5.26 Å². The standard InChI is InChI=1S/C23H18ClFN2O5S/c1-27(33(30,31)21-8-4-19(25)5-9-21)14-15-2-6-20(7-3-15)32-22(23(28)29)17-10-16(13-26)11-18(24)12-17/h2-12,22H,14H2,1H3,(H,28,29). The first-order chi connectivity index (χ1) is 15.6. The summed E-state index contributed by atoms with van der Waals surface area (Å²) in [6, 6.07) is 16.9. The number of carboxylic acid groups (broad SMARTS) is 1. The highest BCUT2D eigenvalue weighted by Gasteiger charge is 2.24. The predicted molar refractivity (Wildman–Crippen MR) is 119 cm³/mol. The summed E-state index contributed by atoms with van der Waals surface area (Å²) in [5.74, 6) is -1.57. The molecule has 1 unspecified atom stereocenters. The van der Waals surface area contributed by atoms with Gasteiger partial charge in [0.05, 0.1) is 16.5 Å². The maximum absolute atomic E-state index is 13.1. The Hall–Kier alpha value is -3.45. The van der Waals surface area contributed by atoms with Gasteiger partial charge < -0.3 is 9.84 Å². The predicted octanol–water partition coefficient (Wildman–Crippen LogP) is 4.38. The summed E-state index contributed by atoms with van der Waals surface area (Å²) >= 11 is 5.97. The topological polar surface area (TPSA) is 108 Å². The van der Waals surface area contributed by atoms with Gasteiger partial charge in [-0.2, -0.15) is 9.57 Å². The number of hydrogen-bond donors (Lipinski definition) is 1. The van der Waals surface area contributed by atoms with Crippen LogP contribution in [0, 0.1) is 17.1 Å². The van der Waals surface area contributed by atoms with Crippen LogP contribution in [0.25, 0.3) is 0 Å². The fourth-order valence-corrected chi connectivity index (χ4v) is 4.43. The lowest BCUT2D eigenvalue weighted by molar-refractivity contribution is -0.145. The smallest absolute Gasteiger partial charge is 0.349 e. The highest BCUT2D eigenvalue weighted by atomic mass is 35.5. The Morgan fingerprint density at radius 1 is 1.15 bits per heavy atom. The monoisotopic (exact) mass is 488 g/mol. The van der Waals surface area contributed by atoms with Crippen LogP contribution in [0.5, 0.6) is 5.75 Å². The highest BCUT2D eigenvalue weighted by Crippen LogP contribution is 2.27. The molecule has 0 fully saturated rings. The van der Waals surface area contributed by atoms with E-state index >= 15 is 0 Å². The zero-order valence-electron chi connectivity index (χ0n) is 17.3. The van der Waals surface area contributed by atoms with E-state index in [-0.39, 0.29) is 33.3 Å². The molecule has 3 rings (SSSR count). The van der Waals surface area contributed by atoms with E-state index in [1.54, 1.807) is 12.1 Å². The maximum Gasteiger partial charge on any atom is 0.349 e. The van der Waals surface area contributed by atoms with Gasteiger partial charge in [0.15, 0.2) is 0 Å². The van der Waals surface area contributed by atoms with Crippen molar-refractivity contribution in [2.75, 3.05) is 7.05 Å². The van der Waals surface area contributed by atoms with Crippen molar-refractivity contribution in [3.63, 3.8) is 0 Å². The van der Waals surface area contributed by atoms with Crippen LogP contribution in [0.2, 0.25) is 5.02 Å². The average molecular weight is 489 g/mol. The molecule has 0 aliphatic heterocycles. The second kappa shape index (κ2) is 10.0. The van der Waals surface area contributed by atoms with Gasteiger partial charge in [-0.25, -0.2) is 17.6 Å². The Morgan fingerprint density at radius 3 is 2.36 bits per heavy atom. The Morgan fingerprint density at radius 2 is 1.79 bits per heavy atom. The Bertz CT molecular complexity index is 1310. The molecule has 0 aliphatic rings. The number of carboxylic acids is 1. The average Bonchev–Trinajstić information content (AvgIpc) is 2.78. The number of sulfonamides is 1. The molecule has 0 bridgehead atoms. The van der Waals surface area contributed by atoms with Crippen molar-refractivity contribution in [3.8, 4) is 11.8 Å². The number of rotatable bonds is 8. The molecular formula is C23H18ClFN2O5S. The summed E-state index contributed by atoms with van der Waals surface area (Å²) < 4.78 is 45.1. The van der Waals surface area contributed by atoms with Gasteiger partial charge >= 0.3 is 5.97 Å². The minimum Gasteiger partial charge on any atom is -0.478 e. The van der Waals surface area contributed by atoms with E-state index < -0.39 is 27.9 Å². The minimum absolute atomic E-state index is 0.0299. The molecular weight excluding hydrogens is 471 g/mol. The molecule has 1 atom stereocenters. The molecule has 7 nitrogen and oxygen atoms in total. The lowest BCUT2D eigenvalue weighted by Crippen LogP contribution is -2.26. The van der Waals surface area contributed by atoms with Crippen molar-refractivity contribution in [1.82, 2.24) is 4.31 Å². The third-order valence-corrected chi connectivity index (χ3v) is 6.72. The van der Waals surface area contributed by atoms with Crippen molar-refractivity contribution in [3.05, 3.63) is 94.3 Å². The summed E-state index contributed by atoms with van der Waals surface area (Å²) in [6.45, 7) is 0.0299. The van der Waals surface area contributed by atoms with Crippen molar-refractivity contribution >= 4 is 27.6 Å². The van der Waals surface area contributed by atoms with Gasteiger partial charge in [0.25, 0.3) is 0 Å². The lowest BCUT2D eigenvalue weighted by Gasteiger charge is -2.18. The van der Waals surface area contributed by atoms with Gasteiger partial charge in [0.1, 0.15) is 11.6 Å². The summed E-state index contributed by atoms with van der Waals surface area (Å²) in [6.07, 6.45) is -1.40. The zero-order valence-corrected chi connectivity index (χ0v) is 18.8. The largest absolute Gasteiger partial charge is 0.478 e. The Balaban J connectivity index is 1.75. The summed E-state index contributed by atoms with van der Waals surface area (Å²) in [4.78, 5) is 11.7. The molecule has 0 saturated heterocycles. The number of nitrogens with zero attached hydrogens (tertiary/aromatic N) is 2. The van der Waals surface area contributed by atoms with E-state index in [9.17, 15) is 22.7 Å². The van der Waals surface area contributed by atoms with Gasteiger partial charge in [-0.1, -0.05) is 23.7 Å². The molecule has 170 valence electrons. The second-order valence-corrected chi connectivity index (χ2v) is 9.56. The van der Waals surface area contributed by atoms with Gasteiger partial charge in [-0.3, -0.25) is 0 Å². The van der Waals surface area contributed by atoms with E-state index in [4.69, 9.17) is 21.6 Å². The first-order valence-electron chi connectivity index (χ1n) is 9.51. The van der Waals surface area contributed by atoms with Crippen molar-refractivity contribution in [2.45, 2.75) is 17.5 Å². The molecule has 0 spiro atoms. The van der Waals surface area contributed by atoms with Crippen molar-refractivity contribution < 1.29 is 27.4 Å². The molecule has 10 heteroatoms. The highest BCUT2D eigenvalue weighted by molar-refractivity contribution is 7.89. The molecule has 3 aromatic rings. The molecule has 0 aromatic heterocycles. The number of carbonyl (C=O) groups is 1. The fourth-order valence-electron chi connectivity index (χ4n) is 3.03. The quantitative estimate of drug-likeness (QED) is 0.504. The first kappa shape index (κ1) is 24.2. The zero-order chi connectivity index (χ0) is 24.2. The van der Waals surface area contributed by atoms with Crippen LogP contribution >= 0.6 is 11.6 Å². The third-order valence-electron chi connectivity index (χ3n) is 4.68. The SMILES string of the molecule is CN(Cc1ccc(OC(C(=O)O)c2cc(Cl)cc(C#N)c2)cc1)S(=O)(=O)c1ccc(F)cc1. The normalized spacial score (nSPS) is 12.2. The maximum atomic E-state index is 13.1. The third kappa shape index (κ3) is 5.87. The number of ether oxygens (including phenoxy) is 1. The minimum atomic E-state index is -3.82. The molecule has 33 heavy (non-hydrogen) atoms. The van der Waals surface area contributed by atoms with Gasteiger partial charge in [0.2, 0.25) is 16.1 Å². The Labute approximate surface area is 195 Å². The van der Waals surface area contributed by atoms with Crippen LogP contribution < -0.4 is 4.74 Å². The fraction of sp³-hybridized carbons (Fsp3) is 0.130. The molecule has 0 aliphatic carbocycles. The van der Waals surface area contributed by atoms with Crippen LogP contribution in [0.1, 0.15) is 22.8 Å². The number of aliphatic carboxylic acids is 1. The van der Waals surface area contributed by atoms with Gasteiger partial charge in [0, 0.05) is 24.2 Å². The Kier molecular flexibility index (Phi) is 7.33. The van der Waals surface area contributed by atoms with Gasteiger partial charge in [-0.05, 0) is 60.2 Å². The number of nitriles is 1. The molecule has 0 heterocycles. The molecule has 0 radical (unpaired) electrons. The van der Waals surface area contributed by atoms with E-state index in [0.29, 0.717) is 5.56 Å². The summed E-state index contributed by atoms with van der Waals surface area (Å²) in [5, 5.41) is 18.9. The van der Waals surface area contributed by atoms with E-state index in [1.165, 1.54) is 49.5 Å². The van der Waals surface area contributed by atoms with Crippen molar-refractivity contribution in [2.24, 2.45) is 0 Å². The van der Waals surface area contributed by atoms with Crippen LogP contribution in [0.3, 0.4) is 0 Å². The van der Waals surface area contributed by atoms with Gasteiger partial charge in [-0.15, -0.1) is 0 Å². The van der Waals surface area contributed by atoms with Crippen LogP contribution in [0.15, 0.2) is 71.6 Å².